The number of allylic oxidation sites excluding steroid dienone is 2. The van der Waals surface area contributed by atoms with Crippen LogP contribution in [0.5, 0.6) is 0 Å². The third kappa shape index (κ3) is 3.73. The average molecular weight is 391 g/mol. The fourth-order valence-electron chi connectivity index (χ4n) is 5.06. The summed E-state index contributed by atoms with van der Waals surface area (Å²) in [4.78, 5) is 2.31. The zero-order chi connectivity index (χ0) is 19.0. The average Bonchev–Trinajstić information content (AvgIpc) is 3.14. The molecule has 1 aromatic carbocycles. The highest BCUT2D eigenvalue weighted by Gasteiger charge is 2.49. The van der Waals surface area contributed by atoms with Crippen molar-refractivity contribution in [3.63, 3.8) is 0 Å². The van der Waals surface area contributed by atoms with Gasteiger partial charge in [0, 0.05) is 31.1 Å². The Morgan fingerprint density at radius 1 is 1.11 bits per heavy atom. The molecule has 0 bridgehead atoms. The summed E-state index contributed by atoms with van der Waals surface area (Å²) in [6, 6.07) is 8.99. The third-order valence-electron chi connectivity index (χ3n) is 6.51. The molecule has 3 aliphatic rings. The maximum Gasteiger partial charge on any atom is 0.211 e. The van der Waals surface area contributed by atoms with E-state index in [0.29, 0.717) is 13.1 Å². The van der Waals surface area contributed by atoms with E-state index in [4.69, 9.17) is 0 Å². The highest BCUT2D eigenvalue weighted by molar-refractivity contribution is 7.88. The second-order valence-corrected chi connectivity index (χ2v) is 10.1. The number of sulfonamides is 1. The Balaban J connectivity index is 1.58. The van der Waals surface area contributed by atoms with E-state index in [9.17, 15) is 13.5 Å². The minimum absolute atomic E-state index is 0.0889. The van der Waals surface area contributed by atoms with E-state index >= 15 is 0 Å². The first-order valence-electron chi connectivity index (χ1n) is 10.1. The van der Waals surface area contributed by atoms with Gasteiger partial charge in [-0.1, -0.05) is 30.3 Å². The van der Waals surface area contributed by atoms with Gasteiger partial charge in [0.2, 0.25) is 10.0 Å². The van der Waals surface area contributed by atoms with E-state index < -0.39 is 10.0 Å². The molecule has 0 amide bonds. The van der Waals surface area contributed by atoms with Crippen molar-refractivity contribution in [1.82, 2.24) is 9.21 Å². The zero-order valence-corrected chi connectivity index (χ0v) is 16.9. The van der Waals surface area contributed by atoms with Crippen LogP contribution in [0.2, 0.25) is 0 Å². The molecule has 4 rings (SSSR count). The van der Waals surface area contributed by atoms with E-state index in [0.717, 1.165) is 25.8 Å². The lowest BCUT2D eigenvalue weighted by Crippen LogP contribution is -2.67. The molecule has 2 heterocycles. The molecule has 1 aliphatic carbocycles. The van der Waals surface area contributed by atoms with Crippen LogP contribution in [0.1, 0.15) is 49.1 Å². The van der Waals surface area contributed by atoms with Crippen LogP contribution in [-0.2, 0) is 10.0 Å². The summed E-state index contributed by atoms with van der Waals surface area (Å²) in [5, 5.41) is 9.99. The summed E-state index contributed by atoms with van der Waals surface area (Å²) < 4.78 is 26.0. The van der Waals surface area contributed by atoms with Crippen LogP contribution in [0.3, 0.4) is 0 Å². The van der Waals surface area contributed by atoms with E-state index in [1.54, 1.807) is 4.31 Å². The third-order valence-corrected chi connectivity index (χ3v) is 7.78. The molecule has 27 heavy (non-hydrogen) atoms. The second kappa shape index (κ2) is 7.66. The molecule has 2 saturated heterocycles. The number of aliphatic hydroxyl groups excluding tert-OH is 1. The van der Waals surface area contributed by atoms with Crippen molar-refractivity contribution in [2.45, 2.75) is 50.1 Å². The monoisotopic (exact) mass is 390 g/mol. The number of fused-ring (bicyclic) bond motifs is 1. The molecule has 2 aliphatic heterocycles. The van der Waals surface area contributed by atoms with Gasteiger partial charge in [-0.25, -0.2) is 12.7 Å². The first kappa shape index (κ1) is 19.1. The van der Waals surface area contributed by atoms with Gasteiger partial charge in [0.1, 0.15) is 0 Å². The number of nitrogens with zero attached hydrogens (tertiary/aromatic N) is 2. The van der Waals surface area contributed by atoms with Crippen LogP contribution >= 0.6 is 0 Å². The topological polar surface area (TPSA) is 60.9 Å². The normalized spacial score (nSPS) is 30.1. The van der Waals surface area contributed by atoms with E-state index in [2.05, 4.69) is 35.2 Å². The maximum atomic E-state index is 12.2. The number of hydrogen-bond donors (Lipinski definition) is 1. The maximum absolute atomic E-state index is 12.2. The smallest absolute Gasteiger partial charge is 0.211 e. The van der Waals surface area contributed by atoms with Crippen molar-refractivity contribution in [3.05, 3.63) is 41.5 Å². The molecule has 0 saturated carbocycles. The molecule has 0 spiro atoms. The van der Waals surface area contributed by atoms with Gasteiger partial charge in [0.15, 0.2) is 0 Å². The van der Waals surface area contributed by atoms with Gasteiger partial charge in [-0.3, -0.25) is 4.90 Å². The van der Waals surface area contributed by atoms with Crippen molar-refractivity contribution in [2.75, 3.05) is 32.5 Å². The summed E-state index contributed by atoms with van der Waals surface area (Å²) in [7, 11) is -3.20. The minimum atomic E-state index is -3.20. The summed E-state index contributed by atoms with van der Waals surface area (Å²) in [6.07, 6.45) is 9.05. The second-order valence-electron chi connectivity index (χ2n) is 8.15. The molecular formula is C21H30N2O3S. The molecule has 0 radical (unpaired) electrons. The summed E-state index contributed by atoms with van der Waals surface area (Å²) in [5.41, 5.74) is 3.94. The van der Waals surface area contributed by atoms with Gasteiger partial charge < -0.3 is 5.11 Å². The molecule has 0 unspecified atom stereocenters. The van der Waals surface area contributed by atoms with Gasteiger partial charge in [-0.05, 0) is 55.3 Å². The quantitative estimate of drug-likeness (QED) is 0.858. The van der Waals surface area contributed by atoms with Gasteiger partial charge in [-0.15, -0.1) is 0 Å². The Labute approximate surface area is 162 Å². The first-order valence-corrected chi connectivity index (χ1v) is 11.9. The van der Waals surface area contributed by atoms with Crippen molar-refractivity contribution < 1.29 is 13.5 Å². The standard InChI is InChI=1S/C21H30N2O3S/c1-27(25,26)22-12-4-5-13-23-19(14-22)21(20(23)15-24)18-10-8-17(9-11-18)16-6-2-3-7-16/h6,8-11,19-21,24H,2-5,7,12-15H2,1H3/t19-,20+,21+/m1/s1. The Kier molecular flexibility index (Phi) is 5.43. The van der Waals surface area contributed by atoms with Crippen LogP contribution in [-0.4, -0.2) is 67.3 Å². The van der Waals surface area contributed by atoms with Crippen LogP contribution in [0.15, 0.2) is 30.3 Å². The molecule has 6 heteroatoms. The molecule has 3 atom stereocenters. The largest absolute Gasteiger partial charge is 0.395 e. The lowest BCUT2D eigenvalue weighted by atomic mass is 9.74. The van der Waals surface area contributed by atoms with Gasteiger partial charge >= 0.3 is 0 Å². The summed E-state index contributed by atoms with van der Waals surface area (Å²) >= 11 is 0. The van der Waals surface area contributed by atoms with E-state index in [-0.39, 0.29) is 24.6 Å². The molecule has 2 fully saturated rings. The Bertz CT molecular complexity index is 803. The first-order chi connectivity index (χ1) is 13.0. The Hall–Kier alpha value is -1.21. The molecule has 0 aromatic heterocycles. The van der Waals surface area contributed by atoms with Crippen LogP contribution < -0.4 is 0 Å². The lowest BCUT2D eigenvalue weighted by molar-refractivity contribution is -0.0553. The van der Waals surface area contributed by atoms with Crippen molar-refractivity contribution in [1.29, 1.82) is 0 Å². The fraction of sp³-hybridized carbons (Fsp3) is 0.619. The number of hydrogen-bond acceptors (Lipinski definition) is 4. The summed E-state index contributed by atoms with van der Waals surface area (Å²) in [6.45, 7) is 2.18. The number of benzene rings is 1. The van der Waals surface area contributed by atoms with Gasteiger partial charge in [0.25, 0.3) is 0 Å². The van der Waals surface area contributed by atoms with Crippen molar-refractivity contribution in [3.8, 4) is 0 Å². The molecule has 5 nitrogen and oxygen atoms in total. The molecule has 148 valence electrons. The zero-order valence-electron chi connectivity index (χ0n) is 16.0. The molecule has 1 N–H and O–H groups in total. The SMILES string of the molecule is CS(=O)(=O)N1CCCCN2[C@H](C1)[C@H](c1ccc(C3=CCCC3)cc1)[C@@H]2CO. The van der Waals surface area contributed by atoms with E-state index in [1.807, 2.05) is 0 Å². The fourth-order valence-corrected chi connectivity index (χ4v) is 5.95. The van der Waals surface area contributed by atoms with Crippen molar-refractivity contribution >= 4 is 15.6 Å². The highest BCUT2D eigenvalue weighted by Crippen LogP contribution is 2.42. The minimum Gasteiger partial charge on any atom is -0.395 e. The Morgan fingerprint density at radius 2 is 1.85 bits per heavy atom. The molecular weight excluding hydrogens is 360 g/mol. The number of rotatable bonds is 4. The predicted octanol–water partition coefficient (Wildman–Crippen LogP) is 2.44. The van der Waals surface area contributed by atoms with Crippen molar-refractivity contribution in [2.24, 2.45) is 0 Å². The molecule has 1 aromatic rings. The van der Waals surface area contributed by atoms with Crippen LogP contribution in [0, 0.1) is 0 Å². The van der Waals surface area contributed by atoms with Gasteiger partial charge in [-0.2, -0.15) is 0 Å². The lowest BCUT2D eigenvalue weighted by Gasteiger charge is -2.57. The van der Waals surface area contributed by atoms with Gasteiger partial charge in [0.05, 0.1) is 12.9 Å². The van der Waals surface area contributed by atoms with Crippen LogP contribution in [0.25, 0.3) is 5.57 Å². The predicted molar refractivity (Wildman–Crippen MR) is 108 cm³/mol. The highest BCUT2D eigenvalue weighted by atomic mass is 32.2. The Morgan fingerprint density at radius 3 is 2.48 bits per heavy atom. The summed E-state index contributed by atoms with van der Waals surface area (Å²) in [5.74, 6) is 0.184. The van der Waals surface area contributed by atoms with Crippen LogP contribution in [0.4, 0.5) is 0 Å². The number of aliphatic hydroxyl groups is 1. The van der Waals surface area contributed by atoms with E-state index in [1.165, 1.54) is 35.8 Å².